The summed E-state index contributed by atoms with van der Waals surface area (Å²) in [6, 6.07) is 7.34. The summed E-state index contributed by atoms with van der Waals surface area (Å²) in [5.74, 6) is 0. The summed E-state index contributed by atoms with van der Waals surface area (Å²) < 4.78 is 12.3. The fourth-order valence-corrected chi connectivity index (χ4v) is 2.89. The van der Waals surface area contributed by atoms with E-state index in [1.54, 1.807) is 12.3 Å². The van der Waals surface area contributed by atoms with E-state index in [2.05, 4.69) is 10.3 Å². The van der Waals surface area contributed by atoms with Crippen molar-refractivity contribution < 1.29 is 9.31 Å². The van der Waals surface area contributed by atoms with Gasteiger partial charge in [-0.2, -0.15) is 0 Å². The summed E-state index contributed by atoms with van der Waals surface area (Å²) in [6.45, 7) is 8.80. The molecular weight excluding hydrogens is 315 g/mol. The Morgan fingerprint density at radius 2 is 1.88 bits per heavy atom. The minimum absolute atomic E-state index is 0.00907. The van der Waals surface area contributed by atoms with Crippen LogP contribution in [0.25, 0.3) is 17.0 Å². The molecule has 5 nitrogen and oxygen atoms in total. The largest absolute Gasteiger partial charge is 0.491 e. The second-order valence-corrected chi connectivity index (χ2v) is 7.48. The van der Waals surface area contributed by atoms with Crippen molar-refractivity contribution in [2.24, 2.45) is 0 Å². The smallest absolute Gasteiger partial charge is 0.400 e. The minimum Gasteiger partial charge on any atom is -0.400 e. The third kappa shape index (κ3) is 3.42. The molecule has 1 saturated heterocycles. The lowest BCUT2D eigenvalue weighted by atomic mass is 9.77. The van der Waals surface area contributed by atoms with Gasteiger partial charge in [0.25, 0.3) is 0 Å². The molecule has 0 aliphatic carbocycles. The maximum absolute atomic E-state index is 12.1. The fourth-order valence-electron chi connectivity index (χ4n) is 2.89. The molecule has 1 aromatic carbocycles. The number of hydrogen-bond acceptors (Lipinski definition) is 4. The number of aromatic nitrogens is 1. The van der Waals surface area contributed by atoms with Crippen LogP contribution in [0.3, 0.4) is 0 Å². The van der Waals surface area contributed by atoms with Crippen LogP contribution in [0.1, 0.15) is 33.3 Å². The number of benzene rings is 1. The Bertz CT molecular complexity index is 854. The summed E-state index contributed by atoms with van der Waals surface area (Å²) in [6.07, 6.45) is 3.70. The van der Waals surface area contributed by atoms with Gasteiger partial charge in [-0.1, -0.05) is 12.1 Å². The Morgan fingerprint density at radius 3 is 2.52 bits per heavy atom. The summed E-state index contributed by atoms with van der Waals surface area (Å²) in [5.41, 5.74) is 2.01. The van der Waals surface area contributed by atoms with Crippen LogP contribution in [0.15, 0.2) is 40.7 Å². The van der Waals surface area contributed by atoms with Crippen LogP contribution >= 0.6 is 0 Å². The average Bonchev–Trinajstić information content (AvgIpc) is 2.76. The van der Waals surface area contributed by atoms with Crippen LogP contribution in [0.4, 0.5) is 0 Å². The number of pyridine rings is 1. The van der Waals surface area contributed by atoms with E-state index in [1.165, 1.54) is 0 Å². The molecule has 0 bridgehead atoms. The first kappa shape index (κ1) is 17.9. The first-order valence-corrected chi connectivity index (χ1v) is 8.56. The number of H-pyrrole nitrogens is 1. The predicted molar refractivity (Wildman–Crippen MR) is 103 cm³/mol. The zero-order valence-corrected chi connectivity index (χ0v) is 15.5. The lowest BCUT2D eigenvalue weighted by Gasteiger charge is -2.32. The standard InChI is InChI=1S/C19H25BN2O3/c1-18(2)19(3,4)25-20(24-18)14(12-21-5)10-13-6-7-16-15(11-13)17(23)8-9-22-16/h6-11,21H,12H2,1-5H3,(H,22,23). The zero-order valence-electron chi connectivity index (χ0n) is 15.5. The van der Waals surface area contributed by atoms with Crippen molar-refractivity contribution in [3.63, 3.8) is 0 Å². The summed E-state index contributed by atoms with van der Waals surface area (Å²) >= 11 is 0. The molecule has 2 aromatic rings. The summed E-state index contributed by atoms with van der Waals surface area (Å²) in [5, 5.41) is 3.85. The van der Waals surface area contributed by atoms with E-state index in [9.17, 15) is 4.79 Å². The monoisotopic (exact) mass is 340 g/mol. The SMILES string of the molecule is CNCC(=Cc1ccc2[nH]ccc(=O)c2c1)B1OC(C)(C)C(C)(C)O1. The van der Waals surface area contributed by atoms with Gasteiger partial charge < -0.3 is 19.6 Å². The van der Waals surface area contributed by atoms with Gasteiger partial charge in [0.2, 0.25) is 0 Å². The Kier molecular flexibility index (Phi) is 4.62. The molecular formula is C19H25BN2O3. The van der Waals surface area contributed by atoms with Crippen molar-refractivity contribution in [2.45, 2.75) is 38.9 Å². The molecule has 2 N–H and O–H groups in total. The van der Waals surface area contributed by atoms with Crippen molar-refractivity contribution in [1.82, 2.24) is 10.3 Å². The Labute approximate surface area is 148 Å². The third-order valence-corrected chi connectivity index (χ3v) is 5.07. The lowest BCUT2D eigenvalue weighted by Crippen LogP contribution is -2.41. The van der Waals surface area contributed by atoms with Gasteiger partial charge in [0, 0.05) is 29.7 Å². The molecule has 0 saturated carbocycles. The molecule has 0 radical (unpaired) electrons. The van der Waals surface area contributed by atoms with Crippen molar-refractivity contribution in [2.75, 3.05) is 13.6 Å². The van der Waals surface area contributed by atoms with Gasteiger partial charge in [0.05, 0.1) is 11.2 Å². The van der Waals surface area contributed by atoms with Crippen LogP contribution in [-0.2, 0) is 9.31 Å². The molecule has 2 heterocycles. The lowest BCUT2D eigenvalue weighted by molar-refractivity contribution is 0.00578. The molecule has 25 heavy (non-hydrogen) atoms. The number of likely N-dealkylation sites (N-methyl/N-ethyl adjacent to an activating group) is 1. The molecule has 1 aliphatic rings. The Hall–Kier alpha value is -1.89. The van der Waals surface area contributed by atoms with Gasteiger partial charge in [-0.15, -0.1) is 0 Å². The molecule has 3 rings (SSSR count). The fraction of sp³-hybridized carbons (Fsp3) is 0.421. The van der Waals surface area contributed by atoms with E-state index in [0.29, 0.717) is 11.9 Å². The highest BCUT2D eigenvalue weighted by molar-refractivity contribution is 6.55. The molecule has 1 aromatic heterocycles. The zero-order chi connectivity index (χ0) is 18.2. The number of fused-ring (bicyclic) bond motifs is 1. The average molecular weight is 340 g/mol. The number of aromatic amines is 1. The topological polar surface area (TPSA) is 63.4 Å². The van der Waals surface area contributed by atoms with E-state index >= 15 is 0 Å². The molecule has 132 valence electrons. The van der Waals surface area contributed by atoms with Gasteiger partial charge >= 0.3 is 7.12 Å². The highest BCUT2D eigenvalue weighted by Crippen LogP contribution is 2.38. The van der Waals surface area contributed by atoms with Gasteiger partial charge in [0.15, 0.2) is 5.43 Å². The van der Waals surface area contributed by atoms with Gasteiger partial charge in [0.1, 0.15) is 0 Å². The Morgan fingerprint density at radius 1 is 1.20 bits per heavy atom. The van der Waals surface area contributed by atoms with Gasteiger partial charge in [-0.25, -0.2) is 0 Å². The van der Waals surface area contributed by atoms with Gasteiger partial charge in [-0.3, -0.25) is 4.79 Å². The molecule has 1 fully saturated rings. The first-order valence-electron chi connectivity index (χ1n) is 8.56. The van der Waals surface area contributed by atoms with Crippen molar-refractivity contribution in [1.29, 1.82) is 0 Å². The van der Waals surface area contributed by atoms with Crippen LogP contribution in [0.5, 0.6) is 0 Å². The van der Waals surface area contributed by atoms with Crippen molar-refractivity contribution in [3.05, 3.63) is 51.7 Å². The molecule has 0 amide bonds. The minimum atomic E-state index is -0.415. The van der Waals surface area contributed by atoms with Crippen LogP contribution in [0.2, 0.25) is 0 Å². The molecule has 0 unspecified atom stereocenters. The van der Waals surface area contributed by atoms with E-state index < -0.39 is 7.12 Å². The predicted octanol–water partition coefficient (Wildman–Crippen LogP) is 2.76. The summed E-state index contributed by atoms with van der Waals surface area (Å²) in [7, 11) is 1.48. The second kappa shape index (κ2) is 6.44. The maximum atomic E-state index is 12.1. The van der Waals surface area contributed by atoms with Crippen molar-refractivity contribution in [3.8, 4) is 0 Å². The van der Waals surface area contributed by atoms with Crippen LogP contribution in [0, 0.1) is 0 Å². The second-order valence-electron chi connectivity index (χ2n) is 7.48. The van der Waals surface area contributed by atoms with Crippen LogP contribution < -0.4 is 10.7 Å². The molecule has 0 atom stereocenters. The molecule has 0 spiro atoms. The quantitative estimate of drug-likeness (QED) is 0.840. The first-order chi connectivity index (χ1) is 11.7. The summed E-state index contributed by atoms with van der Waals surface area (Å²) in [4.78, 5) is 15.2. The van der Waals surface area contributed by atoms with Crippen LogP contribution in [-0.4, -0.2) is 36.9 Å². The Balaban J connectivity index is 1.99. The normalized spacial score (nSPS) is 19.6. The number of hydrogen-bond donors (Lipinski definition) is 2. The van der Waals surface area contributed by atoms with E-state index in [0.717, 1.165) is 16.6 Å². The third-order valence-electron chi connectivity index (χ3n) is 5.07. The molecule has 1 aliphatic heterocycles. The van der Waals surface area contributed by atoms with E-state index in [4.69, 9.17) is 9.31 Å². The number of rotatable bonds is 4. The van der Waals surface area contributed by atoms with E-state index in [1.807, 2.05) is 59.0 Å². The highest BCUT2D eigenvalue weighted by atomic mass is 16.7. The molecule has 6 heteroatoms. The van der Waals surface area contributed by atoms with Gasteiger partial charge in [-0.05, 0) is 57.9 Å². The van der Waals surface area contributed by atoms with E-state index in [-0.39, 0.29) is 16.6 Å². The van der Waals surface area contributed by atoms with Crippen molar-refractivity contribution >= 4 is 24.1 Å². The highest BCUT2D eigenvalue weighted by Gasteiger charge is 2.52. The maximum Gasteiger partial charge on any atom is 0.491 e. The number of nitrogens with one attached hydrogen (secondary N) is 2.